The SMILES string of the molecule is COc1ccccc1N1CCN(/N=C\c2ccc(C(C)C)cc2)CC1. The number of ether oxygens (including phenoxy) is 1. The minimum atomic E-state index is 0.564. The zero-order chi connectivity index (χ0) is 17.6. The van der Waals surface area contributed by atoms with Gasteiger partial charge in [-0.2, -0.15) is 5.10 Å². The molecule has 1 saturated heterocycles. The van der Waals surface area contributed by atoms with Crippen LogP contribution in [-0.4, -0.2) is 44.5 Å². The molecule has 0 aromatic heterocycles. The van der Waals surface area contributed by atoms with Crippen molar-refractivity contribution >= 4 is 11.9 Å². The first kappa shape index (κ1) is 17.3. The van der Waals surface area contributed by atoms with Crippen LogP contribution in [0.15, 0.2) is 53.6 Å². The van der Waals surface area contributed by atoms with Crippen LogP contribution in [0.5, 0.6) is 5.75 Å². The Balaban J connectivity index is 1.57. The number of benzene rings is 2. The maximum atomic E-state index is 5.47. The predicted octanol–water partition coefficient (Wildman–Crippen LogP) is 3.97. The summed E-state index contributed by atoms with van der Waals surface area (Å²) in [6.45, 7) is 8.15. The Bertz CT molecular complexity index is 701. The van der Waals surface area contributed by atoms with Gasteiger partial charge in [0.15, 0.2) is 0 Å². The molecule has 0 bridgehead atoms. The molecule has 132 valence electrons. The zero-order valence-corrected chi connectivity index (χ0v) is 15.4. The second-order valence-corrected chi connectivity index (χ2v) is 6.68. The Morgan fingerprint density at radius 2 is 1.64 bits per heavy atom. The van der Waals surface area contributed by atoms with Crippen LogP contribution in [0.4, 0.5) is 5.69 Å². The van der Waals surface area contributed by atoms with Crippen LogP contribution >= 0.6 is 0 Å². The van der Waals surface area contributed by atoms with Gasteiger partial charge < -0.3 is 9.64 Å². The van der Waals surface area contributed by atoms with E-state index in [0.29, 0.717) is 5.92 Å². The van der Waals surface area contributed by atoms with Crippen molar-refractivity contribution in [1.82, 2.24) is 5.01 Å². The number of anilines is 1. The van der Waals surface area contributed by atoms with Gasteiger partial charge >= 0.3 is 0 Å². The summed E-state index contributed by atoms with van der Waals surface area (Å²) >= 11 is 0. The third kappa shape index (κ3) is 4.32. The fourth-order valence-corrected chi connectivity index (χ4v) is 3.06. The average molecular weight is 337 g/mol. The van der Waals surface area contributed by atoms with E-state index in [2.05, 4.69) is 65.3 Å². The Morgan fingerprint density at radius 1 is 0.960 bits per heavy atom. The van der Waals surface area contributed by atoms with Gasteiger partial charge in [-0.25, -0.2) is 0 Å². The molecule has 4 nitrogen and oxygen atoms in total. The molecular weight excluding hydrogens is 310 g/mol. The summed E-state index contributed by atoms with van der Waals surface area (Å²) in [5, 5.41) is 6.79. The van der Waals surface area contributed by atoms with E-state index in [1.807, 2.05) is 18.3 Å². The van der Waals surface area contributed by atoms with Gasteiger partial charge in [0.2, 0.25) is 0 Å². The van der Waals surface area contributed by atoms with Crippen molar-refractivity contribution < 1.29 is 4.74 Å². The van der Waals surface area contributed by atoms with Crippen molar-refractivity contribution in [3.8, 4) is 5.75 Å². The quantitative estimate of drug-likeness (QED) is 0.773. The highest BCUT2D eigenvalue weighted by Crippen LogP contribution is 2.28. The molecule has 1 fully saturated rings. The molecule has 0 radical (unpaired) electrons. The van der Waals surface area contributed by atoms with Crippen LogP contribution in [0.2, 0.25) is 0 Å². The maximum absolute atomic E-state index is 5.47. The highest BCUT2D eigenvalue weighted by molar-refractivity contribution is 5.79. The van der Waals surface area contributed by atoms with Crippen LogP contribution < -0.4 is 9.64 Å². The molecule has 2 aromatic rings. The number of hydrogen-bond donors (Lipinski definition) is 0. The first-order valence-electron chi connectivity index (χ1n) is 8.94. The van der Waals surface area contributed by atoms with Crippen molar-refractivity contribution in [2.75, 3.05) is 38.2 Å². The Hall–Kier alpha value is -2.49. The summed E-state index contributed by atoms with van der Waals surface area (Å²) in [6.07, 6.45) is 1.96. The summed E-state index contributed by atoms with van der Waals surface area (Å²) in [5.41, 5.74) is 3.68. The van der Waals surface area contributed by atoms with Crippen LogP contribution in [0.25, 0.3) is 0 Å². The highest BCUT2D eigenvalue weighted by atomic mass is 16.5. The number of nitrogens with zero attached hydrogens (tertiary/aromatic N) is 3. The van der Waals surface area contributed by atoms with Crippen molar-refractivity contribution in [3.63, 3.8) is 0 Å². The highest BCUT2D eigenvalue weighted by Gasteiger charge is 2.18. The van der Waals surface area contributed by atoms with E-state index in [9.17, 15) is 0 Å². The van der Waals surface area contributed by atoms with Gasteiger partial charge in [-0.15, -0.1) is 0 Å². The van der Waals surface area contributed by atoms with Crippen molar-refractivity contribution in [3.05, 3.63) is 59.7 Å². The van der Waals surface area contributed by atoms with Crippen LogP contribution in [-0.2, 0) is 0 Å². The van der Waals surface area contributed by atoms with Gasteiger partial charge in [0.1, 0.15) is 5.75 Å². The molecule has 0 spiro atoms. The second-order valence-electron chi connectivity index (χ2n) is 6.68. The van der Waals surface area contributed by atoms with Crippen molar-refractivity contribution in [2.24, 2.45) is 5.10 Å². The minimum absolute atomic E-state index is 0.564. The first-order chi connectivity index (χ1) is 12.2. The molecule has 0 N–H and O–H groups in total. The summed E-state index contributed by atoms with van der Waals surface area (Å²) < 4.78 is 5.47. The van der Waals surface area contributed by atoms with Gasteiger partial charge in [-0.05, 0) is 29.2 Å². The van der Waals surface area contributed by atoms with E-state index in [-0.39, 0.29) is 0 Å². The Labute approximate surface area is 150 Å². The normalized spacial score (nSPS) is 15.2. The monoisotopic (exact) mass is 337 g/mol. The number of para-hydroxylation sites is 2. The first-order valence-corrected chi connectivity index (χ1v) is 8.94. The number of rotatable bonds is 5. The summed E-state index contributed by atoms with van der Waals surface area (Å²) in [4.78, 5) is 2.36. The largest absolute Gasteiger partial charge is 0.495 e. The zero-order valence-electron chi connectivity index (χ0n) is 15.4. The van der Waals surface area contributed by atoms with E-state index in [1.54, 1.807) is 7.11 Å². The van der Waals surface area contributed by atoms with E-state index in [4.69, 9.17) is 4.74 Å². The van der Waals surface area contributed by atoms with Gasteiger partial charge in [0.05, 0.1) is 32.1 Å². The van der Waals surface area contributed by atoms with Crippen LogP contribution in [0, 0.1) is 0 Å². The van der Waals surface area contributed by atoms with Crippen LogP contribution in [0.1, 0.15) is 30.9 Å². The van der Waals surface area contributed by atoms with Crippen molar-refractivity contribution in [2.45, 2.75) is 19.8 Å². The molecule has 1 aliphatic heterocycles. The third-order valence-electron chi connectivity index (χ3n) is 4.66. The smallest absolute Gasteiger partial charge is 0.142 e. The molecule has 4 heteroatoms. The topological polar surface area (TPSA) is 28.1 Å². The number of hydrazone groups is 1. The lowest BCUT2D eigenvalue weighted by molar-refractivity contribution is 0.271. The maximum Gasteiger partial charge on any atom is 0.142 e. The number of piperazine rings is 1. The molecule has 0 amide bonds. The summed E-state index contributed by atoms with van der Waals surface area (Å²) in [7, 11) is 1.73. The standard InChI is InChI=1S/C21H27N3O/c1-17(2)19-10-8-18(9-11-19)16-22-24-14-12-23(13-15-24)20-6-4-5-7-21(20)25-3/h4-11,16-17H,12-15H2,1-3H3/b22-16-. The lowest BCUT2D eigenvalue weighted by Gasteiger charge is -2.35. The number of hydrogen-bond acceptors (Lipinski definition) is 4. The van der Waals surface area contributed by atoms with E-state index in [1.165, 1.54) is 5.56 Å². The van der Waals surface area contributed by atoms with Crippen molar-refractivity contribution in [1.29, 1.82) is 0 Å². The lowest BCUT2D eigenvalue weighted by Crippen LogP contribution is -2.44. The van der Waals surface area contributed by atoms with Gasteiger partial charge in [0.25, 0.3) is 0 Å². The van der Waals surface area contributed by atoms with E-state index < -0.39 is 0 Å². The molecule has 0 saturated carbocycles. The van der Waals surface area contributed by atoms with E-state index >= 15 is 0 Å². The van der Waals surface area contributed by atoms with Gasteiger partial charge in [0, 0.05) is 13.1 Å². The molecule has 2 aromatic carbocycles. The fourth-order valence-electron chi connectivity index (χ4n) is 3.06. The van der Waals surface area contributed by atoms with Crippen LogP contribution in [0.3, 0.4) is 0 Å². The minimum Gasteiger partial charge on any atom is -0.495 e. The van der Waals surface area contributed by atoms with E-state index in [0.717, 1.165) is 43.2 Å². The summed E-state index contributed by atoms with van der Waals surface area (Å²) in [6, 6.07) is 16.9. The predicted molar refractivity (Wildman–Crippen MR) is 105 cm³/mol. The Kier molecular flexibility index (Phi) is 5.59. The third-order valence-corrected chi connectivity index (χ3v) is 4.66. The second kappa shape index (κ2) is 8.06. The fraction of sp³-hybridized carbons (Fsp3) is 0.381. The van der Waals surface area contributed by atoms with Gasteiger partial charge in [-0.1, -0.05) is 50.2 Å². The molecule has 0 unspecified atom stereocenters. The molecule has 1 heterocycles. The van der Waals surface area contributed by atoms with Gasteiger partial charge in [-0.3, -0.25) is 5.01 Å². The molecular formula is C21H27N3O. The number of methoxy groups -OCH3 is 1. The average Bonchev–Trinajstić information content (AvgIpc) is 2.67. The molecule has 3 rings (SSSR count). The molecule has 1 aliphatic rings. The molecule has 25 heavy (non-hydrogen) atoms. The Morgan fingerprint density at radius 3 is 2.28 bits per heavy atom. The lowest BCUT2D eigenvalue weighted by atomic mass is 10.0. The molecule has 0 atom stereocenters. The summed E-state index contributed by atoms with van der Waals surface area (Å²) in [5.74, 6) is 1.50. The molecule has 0 aliphatic carbocycles.